The number of hydrogen-bond donors (Lipinski definition) is 1. The molecule has 17 heavy (non-hydrogen) atoms. The molecule has 0 spiro atoms. The monoisotopic (exact) mass is 238 g/mol. The Hall–Kier alpha value is -1.29. The third kappa shape index (κ3) is 3.60. The van der Waals surface area contributed by atoms with Gasteiger partial charge in [0.2, 0.25) is 0 Å². The Morgan fingerprint density at radius 1 is 1.18 bits per heavy atom. The quantitative estimate of drug-likeness (QED) is 0.866. The zero-order chi connectivity index (χ0) is 11.9. The Morgan fingerprint density at radius 3 is 2.76 bits per heavy atom. The van der Waals surface area contributed by atoms with Gasteiger partial charge in [-0.2, -0.15) is 0 Å². The molecule has 1 fully saturated rings. The van der Waals surface area contributed by atoms with Crippen LogP contribution in [0.1, 0.15) is 6.42 Å². The average molecular weight is 238 g/mol. The van der Waals surface area contributed by atoms with Crippen LogP contribution in [-0.2, 0) is 0 Å². The Bertz CT molecular complexity index is 321. The maximum atomic E-state index is 12.0. The zero-order valence-corrected chi connectivity index (χ0v) is 9.99. The van der Waals surface area contributed by atoms with Gasteiger partial charge in [-0.1, -0.05) is 0 Å². The molecule has 1 aliphatic heterocycles. The van der Waals surface area contributed by atoms with Gasteiger partial charge in [-0.3, -0.25) is 0 Å². The lowest BCUT2D eigenvalue weighted by atomic mass is 10.2. The molecule has 1 aromatic rings. The maximum Gasteiger partial charge on any atom is 0.123 e. The molecule has 94 valence electrons. The summed E-state index contributed by atoms with van der Waals surface area (Å²) in [6.45, 7) is 3.92. The van der Waals surface area contributed by atoms with E-state index in [1.54, 1.807) is 0 Å². The summed E-state index contributed by atoms with van der Waals surface area (Å²) in [5.41, 5.74) is 1.21. The molecular weight excluding hydrogens is 219 g/mol. The second-order valence-electron chi connectivity index (χ2n) is 4.12. The van der Waals surface area contributed by atoms with Crippen molar-refractivity contribution in [2.24, 2.45) is 0 Å². The van der Waals surface area contributed by atoms with E-state index in [0.717, 1.165) is 31.9 Å². The van der Waals surface area contributed by atoms with E-state index in [4.69, 9.17) is 4.74 Å². The number of halogens is 1. The van der Waals surface area contributed by atoms with Crippen molar-refractivity contribution in [1.82, 2.24) is 5.32 Å². The van der Waals surface area contributed by atoms with Crippen LogP contribution in [0.5, 0.6) is 5.75 Å². The van der Waals surface area contributed by atoms with Crippen molar-refractivity contribution < 1.29 is 9.13 Å². The first-order valence-electron chi connectivity index (χ1n) is 6.14. The smallest absolute Gasteiger partial charge is 0.123 e. The van der Waals surface area contributed by atoms with E-state index in [9.17, 15) is 4.39 Å². The van der Waals surface area contributed by atoms with E-state index in [2.05, 4.69) is 10.2 Å². The molecule has 1 aromatic carbocycles. The van der Waals surface area contributed by atoms with Crippen LogP contribution in [0, 0.1) is 0 Å². The molecule has 0 amide bonds. The van der Waals surface area contributed by atoms with Gasteiger partial charge in [-0.15, -0.1) is 0 Å². The van der Waals surface area contributed by atoms with Crippen LogP contribution in [0.15, 0.2) is 24.3 Å². The second-order valence-corrected chi connectivity index (χ2v) is 4.12. The summed E-state index contributed by atoms with van der Waals surface area (Å²) in [5, 5.41) is 3.38. The third-order valence-corrected chi connectivity index (χ3v) is 2.89. The predicted octanol–water partition coefficient (Wildman–Crippen LogP) is 1.83. The number of hydrogen-bond acceptors (Lipinski definition) is 3. The Balaban J connectivity index is 1.96. The van der Waals surface area contributed by atoms with Gasteiger partial charge in [-0.05, 0) is 37.2 Å². The van der Waals surface area contributed by atoms with Gasteiger partial charge in [0.05, 0.1) is 0 Å². The number of benzene rings is 1. The summed E-state index contributed by atoms with van der Waals surface area (Å²) in [4.78, 5) is 2.36. The fourth-order valence-electron chi connectivity index (χ4n) is 2.01. The van der Waals surface area contributed by atoms with Gasteiger partial charge in [0.1, 0.15) is 19.0 Å². The highest BCUT2D eigenvalue weighted by Crippen LogP contribution is 2.20. The molecule has 1 N–H and O–H groups in total. The van der Waals surface area contributed by atoms with Crippen LogP contribution in [0.25, 0.3) is 0 Å². The maximum absolute atomic E-state index is 12.0. The third-order valence-electron chi connectivity index (χ3n) is 2.89. The summed E-state index contributed by atoms with van der Waals surface area (Å²) in [7, 11) is 0. The molecular formula is C13H19FN2O. The molecule has 0 radical (unpaired) electrons. The molecule has 3 nitrogen and oxygen atoms in total. The Labute approximate surface area is 102 Å². The summed E-state index contributed by atoms with van der Waals surface area (Å²) < 4.78 is 17.2. The predicted molar refractivity (Wildman–Crippen MR) is 67.6 cm³/mol. The number of anilines is 1. The lowest BCUT2D eigenvalue weighted by Crippen LogP contribution is -2.27. The molecule has 0 aliphatic carbocycles. The molecule has 0 aromatic heterocycles. The van der Waals surface area contributed by atoms with Gasteiger partial charge in [0.25, 0.3) is 0 Å². The van der Waals surface area contributed by atoms with Crippen LogP contribution in [0.2, 0.25) is 0 Å². The van der Waals surface area contributed by atoms with Crippen LogP contribution in [0.4, 0.5) is 10.1 Å². The van der Waals surface area contributed by atoms with Crippen molar-refractivity contribution in [3.63, 3.8) is 0 Å². The van der Waals surface area contributed by atoms with Crippen molar-refractivity contribution in [2.75, 3.05) is 44.4 Å². The first-order valence-corrected chi connectivity index (χ1v) is 6.14. The first kappa shape index (κ1) is 12.2. The van der Waals surface area contributed by atoms with Gasteiger partial charge < -0.3 is 15.0 Å². The average Bonchev–Trinajstić information content (AvgIpc) is 2.66. The topological polar surface area (TPSA) is 24.5 Å². The van der Waals surface area contributed by atoms with Crippen LogP contribution in [0.3, 0.4) is 0 Å². The van der Waals surface area contributed by atoms with Gasteiger partial charge in [0, 0.05) is 25.3 Å². The van der Waals surface area contributed by atoms with E-state index in [0.29, 0.717) is 0 Å². The number of rotatable bonds is 4. The van der Waals surface area contributed by atoms with Crippen molar-refractivity contribution >= 4 is 5.69 Å². The normalized spacial score (nSPS) is 16.6. The SMILES string of the molecule is FCCOc1ccc(N2CCCNCC2)cc1. The largest absolute Gasteiger partial charge is 0.491 e. The highest BCUT2D eigenvalue weighted by Gasteiger charge is 2.09. The molecule has 4 heteroatoms. The fraction of sp³-hybridized carbons (Fsp3) is 0.538. The van der Waals surface area contributed by atoms with Crippen molar-refractivity contribution in [3.8, 4) is 5.75 Å². The van der Waals surface area contributed by atoms with Crippen molar-refractivity contribution in [2.45, 2.75) is 6.42 Å². The van der Waals surface area contributed by atoms with Gasteiger partial charge in [-0.25, -0.2) is 4.39 Å². The summed E-state index contributed by atoms with van der Waals surface area (Å²) >= 11 is 0. The van der Waals surface area contributed by atoms with E-state index >= 15 is 0 Å². The molecule has 1 saturated heterocycles. The van der Waals surface area contributed by atoms with Crippen LogP contribution < -0.4 is 15.0 Å². The minimum absolute atomic E-state index is 0.132. The highest BCUT2D eigenvalue weighted by molar-refractivity contribution is 5.49. The zero-order valence-electron chi connectivity index (χ0n) is 9.99. The van der Waals surface area contributed by atoms with Crippen molar-refractivity contribution in [1.29, 1.82) is 0 Å². The highest BCUT2D eigenvalue weighted by atomic mass is 19.1. The number of nitrogens with zero attached hydrogens (tertiary/aromatic N) is 1. The minimum Gasteiger partial charge on any atom is -0.491 e. The molecule has 0 saturated carbocycles. The first-order chi connectivity index (χ1) is 8.40. The molecule has 1 heterocycles. The van der Waals surface area contributed by atoms with E-state index < -0.39 is 6.67 Å². The lowest BCUT2D eigenvalue weighted by Gasteiger charge is -2.22. The van der Waals surface area contributed by atoms with Crippen LogP contribution in [-0.4, -0.2) is 39.5 Å². The van der Waals surface area contributed by atoms with E-state index in [1.165, 1.54) is 12.1 Å². The Kier molecular flexibility index (Phi) is 4.62. The second kappa shape index (κ2) is 6.45. The molecule has 1 aliphatic rings. The summed E-state index contributed by atoms with van der Waals surface area (Å²) in [6, 6.07) is 7.89. The van der Waals surface area contributed by atoms with E-state index in [1.807, 2.05) is 24.3 Å². The van der Waals surface area contributed by atoms with Gasteiger partial charge in [0.15, 0.2) is 0 Å². The minimum atomic E-state index is -0.445. The van der Waals surface area contributed by atoms with E-state index in [-0.39, 0.29) is 6.61 Å². The fourth-order valence-corrected chi connectivity index (χ4v) is 2.01. The summed E-state index contributed by atoms with van der Waals surface area (Å²) in [5.74, 6) is 0.736. The number of ether oxygens (including phenoxy) is 1. The number of alkyl halides is 1. The molecule has 0 atom stereocenters. The van der Waals surface area contributed by atoms with Gasteiger partial charge >= 0.3 is 0 Å². The molecule has 0 bridgehead atoms. The molecule has 2 rings (SSSR count). The standard InChI is InChI=1S/C13H19FN2O/c14-6-11-17-13-4-2-12(3-5-13)16-9-1-7-15-8-10-16/h2-5,15H,1,6-11H2. The summed E-state index contributed by atoms with van der Waals surface area (Å²) in [6.07, 6.45) is 1.17. The lowest BCUT2D eigenvalue weighted by molar-refractivity contribution is 0.273. The number of nitrogens with one attached hydrogen (secondary N) is 1. The van der Waals surface area contributed by atoms with Crippen LogP contribution >= 0.6 is 0 Å². The van der Waals surface area contributed by atoms with Crippen molar-refractivity contribution in [3.05, 3.63) is 24.3 Å². The molecule has 0 unspecified atom stereocenters. The Morgan fingerprint density at radius 2 is 2.00 bits per heavy atom.